The average molecular weight is 374 g/mol. The Kier molecular flexibility index (Phi) is 4.92. The molecule has 0 aliphatic rings. The first-order chi connectivity index (χ1) is 13.7. The van der Waals surface area contributed by atoms with Gasteiger partial charge in [0.1, 0.15) is 11.6 Å². The van der Waals surface area contributed by atoms with Crippen LogP contribution in [0.1, 0.15) is 17.7 Å². The summed E-state index contributed by atoms with van der Waals surface area (Å²) in [6.45, 7) is 1.85. The van der Waals surface area contributed by atoms with E-state index in [1.807, 2.05) is 25.1 Å². The SMILES string of the molecule is Cc1ccc(-c2nc(NC(=O)CCc3cccnc3)cc(-n3cccn3)n2)o1. The molecular formula is C20H18N6O2. The first-order valence-corrected chi connectivity index (χ1v) is 8.82. The van der Waals surface area contributed by atoms with Crippen molar-refractivity contribution in [3.05, 3.63) is 72.5 Å². The van der Waals surface area contributed by atoms with Crippen LogP contribution in [0.2, 0.25) is 0 Å². The smallest absolute Gasteiger partial charge is 0.225 e. The van der Waals surface area contributed by atoms with Crippen molar-refractivity contribution in [2.75, 3.05) is 5.32 Å². The number of rotatable bonds is 6. The third kappa shape index (κ3) is 4.12. The van der Waals surface area contributed by atoms with Crippen LogP contribution < -0.4 is 5.32 Å². The van der Waals surface area contributed by atoms with E-state index >= 15 is 0 Å². The molecule has 4 heterocycles. The van der Waals surface area contributed by atoms with Crippen molar-refractivity contribution in [3.8, 4) is 17.4 Å². The van der Waals surface area contributed by atoms with E-state index < -0.39 is 0 Å². The molecule has 4 aromatic rings. The van der Waals surface area contributed by atoms with Crippen LogP contribution >= 0.6 is 0 Å². The molecule has 0 fully saturated rings. The Morgan fingerprint density at radius 1 is 1.18 bits per heavy atom. The van der Waals surface area contributed by atoms with Gasteiger partial charge in [0.2, 0.25) is 5.91 Å². The molecule has 0 aromatic carbocycles. The average Bonchev–Trinajstić information content (AvgIpc) is 3.39. The molecule has 1 amide bonds. The number of hydrogen-bond acceptors (Lipinski definition) is 6. The third-order valence-electron chi connectivity index (χ3n) is 4.04. The van der Waals surface area contributed by atoms with Crippen molar-refractivity contribution in [2.24, 2.45) is 0 Å². The maximum Gasteiger partial charge on any atom is 0.225 e. The van der Waals surface area contributed by atoms with Crippen LogP contribution in [0.5, 0.6) is 0 Å². The van der Waals surface area contributed by atoms with E-state index in [0.717, 1.165) is 11.3 Å². The van der Waals surface area contributed by atoms with Gasteiger partial charge in [0, 0.05) is 37.3 Å². The monoisotopic (exact) mass is 374 g/mol. The van der Waals surface area contributed by atoms with E-state index in [2.05, 4.69) is 25.4 Å². The number of nitrogens with zero attached hydrogens (tertiary/aromatic N) is 5. The highest BCUT2D eigenvalue weighted by Crippen LogP contribution is 2.22. The van der Waals surface area contributed by atoms with E-state index in [1.54, 1.807) is 47.7 Å². The fraction of sp³-hybridized carbons (Fsp3) is 0.150. The lowest BCUT2D eigenvalue weighted by Crippen LogP contribution is -2.15. The van der Waals surface area contributed by atoms with E-state index in [-0.39, 0.29) is 5.91 Å². The van der Waals surface area contributed by atoms with Crippen LogP contribution in [-0.2, 0) is 11.2 Å². The summed E-state index contributed by atoms with van der Waals surface area (Å²) in [6.07, 6.45) is 7.81. The highest BCUT2D eigenvalue weighted by atomic mass is 16.3. The Morgan fingerprint density at radius 2 is 2.11 bits per heavy atom. The van der Waals surface area contributed by atoms with Crippen molar-refractivity contribution in [3.63, 3.8) is 0 Å². The number of carbonyl (C=O) groups is 1. The van der Waals surface area contributed by atoms with Crippen molar-refractivity contribution in [1.82, 2.24) is 24.7 Å². The zero-order chi connectivity index (χ0) is 19.3. The van der Waals surface area contributed by atoms with Gasteiger partial charge in [-0.2, -0.15) is 5.10 Å². The molecule has 0 saturated carbocycles. The predicted octanol–water partition coefficient (Wildman–Crippen LogP) is 3.20. The Bertz CT molecular complexity index is 1070. The van der Waals surface area contributed by atoms with Gasteiger partial charge in [0.15, 0.2) is 17.4 Å². The number of aryl methyl sites for hydroxylation is 2. The minimum atomic E-state index is -0.143. The summed E-state index contributed by atoms with van der Waals surface area (Å²) in [5.74, 6) is 2.44. The maximum absolute atomic E-state index is 12.4. The molecule has 140 valence electrons. The Labute approximate surface area is 161 Å². The normalized spacial score (nSPS) is 10.8. The largest absolute Gasteiger partial charge is 0.458 e. The lowest BCUT2D eigenvalue weighted by molar-refractivity contribution is -0.116. The number of aromatic nitrogens is 5. The fourth-order valence-electron chi connectivity index (χ4n) is 2.69. The number of anilines is 1. The molecule has 0 aliphatic heterocycles. The highest BCUT2D eigenvalue weighted by molar-refractivity contribution is 5.90. The van der Waals surface area contributed by atoms with Crippen molar-refractivity contribution in [2.45, 2.75) is 19.8 Å². The van der Waals surface area contributed by atoms with Crippen LogP contribution in [-0.4, -0.2) is 30.6 Å². The Balaban J connectivity index is 1.57. The van der Waals surface area contributed by atoms with Gasteiger partial charge in [0.05, 0.1) is 0 Å². The molecule has 0 saturated heterocycles. The van der Waals surface area contributed by atoms with Crippen LogP contribution in [0.3, 0.4) is 0 Å². The van der Waals surface area contributed by atoms with Crippen LogP contribution in [0.15, 0.2) is 65.6 Å². The number of furan rings is 1. The highest BCUT2D eigenvalue weighted by Gasteiger charge is 2.13. The molecule has 0 spiro atoms. The summed E-state index contributed by atoms with van der Waals surface area (Å²) in [6, 6.07) is 10.9. The van der Waals surface area contributed by atoms with E-state index in [9.17, 15) is 4.79 Å². The molecular weight excluding hydrogens is 356 g/mol. The zero-order valence-corrected chi connectivity index (χ0v) is 15.2. The topological polar surface area (TPSA) is 98.7 Å². The quantitative estimate of drug-likeness (QED) is 0.556. The summed E-state index contributed by atoms with van der Waals surface area (Å²) in [7, 11) is 0. The van der Waals surface area contributed by atoms with E-state index in [0.29, 0.717) is 36.1 Å². The minimum Gasteiger partial charge on any atom is -0.458 e. The molecule has 0 aliphatic carbocycles. The summed E-state index contributed by atoms with van der Waals surface area (Å²) < 4.78 is 7.24. The van der Waals surface area contributed by atoms with Gasteiger partial charge in [-0.25, -0.2) is 14.6 Å². The van der Waals surface area contributed by atoms with Crippen molar-refractivity contribution in [1.29, 1.82) is 0 Å². The van der Waals surface area contributed by atoms with Crippen LogP contribution in [0.25, 0.3) is 17.4 Å². The van der Waals surface area contributed by atoms with Crippen molar-refractivity contribution < 1.29 is 9.21 Å². The first-order valence-electron chi connectivity index (χ1n) is 8.82. The van der Waals surface area contributed by atoms with Gasteiger partial charge < -0.3 is 9.73 Å². The van der Waals surface area contributed by atoms with Crippen molar-refractivity contribution >= 4 is 11.7 Å². The van der Waals surface area contributed by atoms with Gasteiger partial charge in [-0.05, 0) is 43.2 Å². The first kappa shape index (κ1) is 17.6. The number of amides is 1. The van der Waals surface area contributed by atoms with Gasteiger partial charge in [-0.1, -0.05) is 6.07 Å². The van der Waals surface area contributed by atoms with Gasteiger partial charge in [0.25, 0.3) is 0 Å². The lowest BCUT2D eigenvalue weighted by Gasteiger charge is -2.09. The fourth-order valence-corrected chi connectivity index (χ4v) is 2.69. The number of pyridine rings is 1. The molecule has 0 atom stereocenters. The molecule has 28 heavy (non-hydrogen) atoms. The third-order valence-corrected chi connectivity index (χ3v) is 4.04. The minimum absolute atomic E-state index is 0.143. The second-order valence-electron chi connectivity index (χ2n) is 6.21. The zero-order valence-electron chi connectivity index (χ0n) is 15.2. The number of carbonyl (C=O) groups excluding carboxylic acids is 1. The summed E-state index contributed by atoms with van der Waals surface area (Å²) in [5.41, 5.74) is 1.00. The molecule has 8 heteroatoms. The second-order valence-corrected chi connectivity index (χ2v) is 6.21. The number of nitrogens with one attached hydrogen (secondary N) is 1. The molecule has 1 N–H and O–H groups in total. The van der Waals surface area contributed by atoms with Crippen LogP contribution in [0.4, 0.5) is 5.82 Å². The summed E-state index contributed by atoms with van der Waals surface area (Å²) >= 11 is 0. The number of hydrogen-bond donors (Lipinski definition) is 1. The van der Waals surface area contributed by atoms with Gasteiger partial charge >= 0.3 is 0 Å². The lowest BCUT2D eigenvalue weighted by atomic mass is 10.1. The molecule has 4 aromatic heterocycles. The second kappa shape index (κ2) is 7.83. The van der Waals surface area contributed by atoms with Gasteiger partial charge in [-0.3, -0.25) is 9.78 Å². The molecule has 4 rings (SSSR count). The molecule has 0 unspecified atom stereocenters. The summed E-state index contributed by atoms with van der Waals surface area (Å²) in [5, 5.41) is 7.04. The maximum atomic E-state index is 12.4. The van der Waals surface area contributed by atoms with E-state index in [4.69, 9.17) is 4.42 Å². The Hall–Kier alpha value is -3.81. The van der Waals surface area contributed by atoms with E-state index in [1.165, 1.54) is 0 Å². The standard InChI is InChI=1S/C20H18N6O2/c1-14-5-7-16(28-14)20-24-17(12-18(25-20)26-11-3-10-22-26)23-19(27)8-6-15-4-2-9-21-13-15/h2-5,7,9-13H,6,8H2,1H3,(H,23,24,25,27). The van der Waals surface area contributed by atoms with Crippen LogP contribution in [0, 0.1) is 6.92 Å². The molecule has 0 radical (unpaired) electrons. The molecule has 8 nitrogen and oxygen atoms in total. The predicted molar refractivity (Wildman–Crippen MR) is 103 cm³/mol. The van der Waals surface area contributed by atoms with Gasteiger partial charge in [-0.15, -0.1) is 0 Å². The summed E-state index contributed by atoms with van der Waals surface area (Å²) in [4.78, 5) is 25.4. The Morgan fingerprint density at radius 3 is 2.82 bits per heavy atom. The molecule has 0 bridgehead atoms.